The van der Waals surface area contributed by atoms with Gasteiger partial charge < -0.3 is 26.4 Å². The zero-order valence-corrected chi connectivity index (χ0v) is 23.9. The molecule has 3 aromatic carbocycles. The number of fused-ring (bicyclic) bond motifs is 1. The lowest BCUT2D eigenvalue weighted by atomic mass is 10.1. The van der Waals surface area contributed by atoms with Crippen LogP contribution in [0.25, 0.3) is 0 Å². The van der Waals surface area contributed by atoms with E-state index in [2.05, 4.69) is 21.3 Å². The third-order valence-electron chi connectivity index (χ3n) is 6.68. The van der Waals surface area contributed by atoms with Crippen molar-refractivity contribution in [2.75, 3.05) is 11.9 Å². The molecular weight excluding hydrogens is 591 g/mol. The summed E-state index contributed by atoms with van der Waals surface area (Å²) in [4.78, 5) is 50.0. The van der Waals surface area contributed by atoms with Crippen LogP contribution in [-0.2, 0) is 22.4 Å². The van der Waals surface area contributed by atoms with E-state index >= 15 is 0 Å². The Kier molecular flexibility index (Phi) is 10.1. The number of carboxylic acids is 1. The molecule has 0 fully saturated rings. The fourth-order valence-electron chi connectivity index (χ4n) is 4.56. The number of aliphatic carboxylic acids is 1. The van der Waals surface area contributed by atoms with Gasteiger partial charge in [-0.2, -0.15) is 0 Å². The summed E-state index contributed by atoms with van der Waals surface area (Å²) in [7, 11) is 0. The van der Waals surface area contributed by atoms with Crippen molar-refractivity contribution in [2.45, 2.75) is 37.8 Å². The molecule has 0 saturated heterocycles. The van der Waals surface area contributed by atoms with Crippen molar-refractivity contribution in [1.29, 1.82) is 0 Å². The molecule has 0 aliphatic heterocycles. The number of nitrogens with one attached hydrogen (secondary N) is 4. The number of halogens is 3. The van der Waals surface area contributed by atoms with Crippen LogP contribution in [0.1, 0.15) is 45.9 Å². The molecule has 4 amide bonds. The van der Waals surface area contributed by atoms with Crippen molar-refractivity contribution in [1.82, 2.24) is 16.0 Å². The van der Waals surface area contributed by atoms with E-state index in [-0.39, 0.29) is 39.7 Å². The van der Waals surface area contributed by atoms with E-state index in [0.717, 1.165) is 29.5 Å². The normalized spacial score (nSPS) is 14.5. The van der Waals surface area contributed by atoms with Crippen LogP contribution in [0.2, 0.25) is 15.1 Å². The number of aryl methyl sites for hydroxylation is 2. The molecule has 4 rings (SSSR count). The van der Waals surface area contributed by atoms with E-state index in [0.29, 0.717) is 11.4 Å². The van der Waals surface area contributed by atoms with E-state index in [4.69, 9.17) is 34.8 Å². The van der Waals surface area contributed by atoms with Gasteiger partial charge in [-0.15, -0.1) is 0 Å². The van der Waals surface area contributed by atoms with E-state index in [1.807, 2.05) is 36.4 Å². The van der Waals surface area contributed by atoms with Gasteiger partial charge in [0, 0.05) is 11.4 Å². The summed E-state index contributed by atoms with van der Waals surface area (Å²) in [6.07, 6.45) is 2.05. The van der Waals surface area contributed by atoms with Crippen LogP contribution < -0.4 is 21.3 Å². The Hall–Kier alpha value is -3.79. The maximum Gasteiger partial charge on any atom is 0.328 e. The Morgan fingerprint density at radius 3 is 2.41 bits per heavy atom. The number of urea groups is 1. The average molecular weight is 618 g/mol. The van der Waals surface area contributed by atoms with Crippen molar-refractivity contribution in [3.63, 3.8) is 0 Å². The van der Waals surface area contributed by atoms with Crippen molar-refractivity contribution in [3.05, 3.63) is 98.0 Å². The summed E-state index contributed by atoms with van der Waals surface area (Å²) in [5.41, 5.74) is 2.90. The predicted octanol–water partition coefficient (Wildman–Crippen LogP) is 5.39. The number of amides is 4. The number of hydrogen-bond acceptors (Lipinski definition) is 4. The Labute approximate surface area is 251 Å². The molecule has 0 radical (unpaired) electrons. The zero-order chi connectivity index (χ0) is 29.5. The first-order valence-electron chi connectivity index (χ1n) is 12.8. The molecule has 41 heavy (non-hydrogen) atoms. The number of hydrogen-bond donors (Lipinski definition) is 5. The highest BCUT2D eigenvalue weighted by atomic mass is 35.5. The zero-order valence-electron chi connectivity index (χ0n) is 21.7. The Morgan fingerprint density at radius 1 is 0.927 bits per heavy atom. The standard InChI is InChI=1S/C29H27Cl3N4O5/c30-19-8-4-2-6-17(19)10-14-24(37)34-22-13-11-20(31)25(26(22)32)27(38)35-23(28(39)40)15-33-29(41)36-21-12-9-16-5-1-3-7-18(16)21/h1-8,11,13,21,23H,9-10,12,14-15H2,(H,34,37)(H,35,38)(H,39,40)(H2,33,36,41)/t21-,23+/m1/s1. The molecule has 214 valence electrons. The van der Waals surface area contributed by atoms with Crippen LogP contribution in [-0.4, -0.2) is 41.5 Å². The second kappa shape index (κ2) is 13.7. The van der Waals surface area contributed by atoms with Crippen LogP contribution in [0.15, 0.2) is 60.7 Å². The van der Waals surface area contributed by atoms with Gasteiger partial charge in [0.1, 0.15) is 6.04 Å². The summed E-state index contributed by atoms with van der Waals surface area (Å²) in [6.45, 7) is -0.394. The first-order valence-corrected chi connectivity index (χ1v) is 13.9. The van der Waals surface area contributed by atoms with Crippen molar-refractivity contribution in [3.8, 4) is 0 Å². The average Bonchev–Trinajstić information content (AvgIpc) is 3.34. The highest BCUT2D eigenvalue weighted by Gasteiger charge is 2.27. The molecule has 0 unspecified atom stereocenters. The molecule has 3 aromatic rings. The first kappa shape index (κ1) is 30.2. The van der Waals surface area contributed by atoms with E-state index in [1.54, 1.807) is 12.1 Å². The van der Waals surface area contributed by atoms with Gasteiger partial charge in [0.25, 0.3) is 5.91 Å². The minimum Gasteiger partial charge on any atom is -0.480 e. The third kappa shape index (κ3) is 7.70. The molecule has 5 N–H and O–H groups in total. The van der Waals surface area contributed by atoms with Crippen LogP contribution >= 0.6 is 34.8 Å². The fraction of sp³-hybridized carbons (Fsp3) is 0.241. The van der Waals surface area contributed by atoms with Gasteiger partial charge in [0.2, 0.25) is 5.91 Å². The highest BCUT2D eigenvalue weighted by Crippen LogP contribution is 2.32. The Balaban J connectivity index is 1.36. The van der Waals surface area contributed by atoms with Crippen molar-refractivity contribution in [2.24, 2.45) is 0 Å². The number of carbonyl (C=O) groups excluding carboxylic acids is 3. The van der Waals surface area contributed by atoms with Gasteiger partial charge in [-0.1, -0.05) is 77.3 Å². The second-order valence-electron chi connectivity index (χ2n) is 9.43. The lowest BCUT2D eigenvalue weighted by molar-refractivity contribution is -0.139. The monoisotopic (exact) mass is 616 g/mol. The number of carbonyl (C=O) groups is 4. The second-order valence-corrected chi connectivity index (χ2v) is 10.6. The lowest BCUT2D eigenvalue weighted by Crippen LogP contribution is -2.50. The van der Waals surface area contributed by atoms with E-state index < -0.39 is 30.5 Å². The van der Waals surface area contributed by atoms with Crippen LogP contribution in [0.5, 0.6) is 0 Å². The Bertz CT molecular complexity index is 1480. The topological polar surface area (TPSA) is 137 Å². The summed E-state index contributed by atoms with van der Waals surface area (Å²) in [5.74, 6) is -2.63. The molecule has 1 aliphatic rings. The smallest absolute Gasteiger partial charge is 0.328 e. The Morgan fingerprint density at radius 2 is 1.66 bits per heavy atom. The van der Waals surface area contributed by atoms with Gasteiger partial charge >= 0.3 is 12.0 Å². The molecule has 2 atom stereocenters. The van der Waals surface area contributed by atoms with E-state index in [1.165, 1.54) is 12.1 Å². The number of benzene rings is 3. The summed E-state index contributed by atoms with van der Waals surface area (Å²) in [6, 6.07) is 15.5. The summed E-state index contributed by atoms with van der Waals surface area (Å²) in [5, 5.41) is 20.3. The maximum absolute atomic E-state index is 13.0. The molecule has 0 spiro atoms. The number of carboxylic acid groups (broad SMARTS) is 1. The van der Waals surface area contributed by atoms with Crippen molar-refractivity contribution < 1.29 is 24.3 Å². The third-order valence-corrected chi connectivity index (χ3v) is 7.76. The summed E-state index contributed by atoms with van der Waals surface area (Å²) >= 11 is 18.8. The first-order chi connectivity index (χ1) is 19.6. The molecule has 12 heteroatoms. The van der Waals surface area contributed by atoms with E-state index in [9.17, 15) is 24.3 Å². The highest BCUT2D eigenvalue weighted by molar-refractivity contribution is 6.41. The van der Waals surface area contributed by atoms with Gasteiger partial charge in [0.15, 0.2) is 0 Å². The maximum atomic E-state index is 13.0. The van der Waals surface area contributed by atoms with Gasteiger partial charge in [-0.25, -0.2) is 9.59 Å². The molecule has 9 nitrogen and oxygen atoms in total. The minimum absolute atomic E-state index is 0.0451. The number of rotatable bonds is 10. The molecular formula is C29H27Cl3N4O5. The molecule has 0 bridgehead atoms. The molecule has 0 heterocycles. The number of anilines is 1. The van der Waals surface area contributed by atoms with Gasteiger partial charge in [-0.05, 0) is 54.2 Å². The van der Waals surface area contributed by atoms with Crippen LogP contribution in [0, 0.1) is 0 Å². The van der Waals surface area contributed by atoms with Crippen LogP contribution in [0.4, 0.5) is 10.5 Å². The predicted molar refractivity (Wildman–Crippen MR) is 158 cm³/mol. The minimum atomic E-state index is -1.48. The van der Waals surface area contributed by atoms with Crippen LogP contribution in [0.3, 0.4) is 0 Å². The molecule has 0 saturated carbocycles. The summed E-state index contributed by atoms with van der Waals surface area (Å²) < 4.78 is 0. The van der Waals surface area contributed by atoms with Gasteiger partial charge in [0.05, 0.1) is 33.9 Å². The molecule has 1 aliphatic carbocycles. The van der Waals surface area contributed by atoms with Crippen molar-refractivity contribution >= 4 is 64.3 Å². The largest absolute Gasteiger partial charge is 0.480 e. The fourth-order valence-corrected chi connectivity index (χ4v) is 5.38. The molecule has 0 aromatic heterocycles. The SMILES string of the molecule is O=C(CCc1ccccc1Cl)Nc1ccc(Cl)c(C(=O)N[C@@H](CNC(=O)N[C@@H]2CCc3ccccc32)C(=O)O)c1Cl. The quantitative estimate of drug-likeness (QED) is 0.208. The van der Waals surface area contributed by atoms with Gasteiger partial charge in [-0.3, -0.25) is 9.59 Å². The lowest BCUT2D eigenvalue weighted by Gasteiger charge is -2.19.